The maximum Gasteiger partial charge on any atom is 0.289 e. The second kappa shape index (κ2) is 4.29. The van der Waals surface area contributed by atoms with Gasteiger partial charge in [-0.05, 0) is 31.4 Å². The van der Waals surface area contributed by atoms with E-state index >= 15 is 0 Å². The van der Waals surface area contributed by atoms with Crippen LogP contribution in [0.4, 0.5) is 0 Å². The molecule has 16 heavy (non-hydrogen) atoms. The number of hydrogen-bond donors (Lipinski definition) is 1. The van der Waals surface area contributed by atoms with E-state index in [1.165, 1.54) is 0 Å². The number of nitrogens with zero attached hydrogens (tertiary/aromatic N) is 1. The first-order valence-electron chi connectivity index (χ1n) is 5.61. The van der Waals surface area contributed by atoms with Crippen molar-refractivity contribution in [2.45, 2.75) is 26.4 Å². The molecule has 0 spiro atoms. The van der Waals surface area contributed by atoms with E-state index < -0.39 is 6.10 Å². The molecule has 1 saturated heterocycles. The van der Waals surface area contributed by atoms with Crippen molar-refractivity contribution in [1.82, 2.24) is 4.90 Å². The Morgan fingerprint density at radius 3 is 2.88 bits per heavy atom. The van der Waals surface area contributed by atoms with Gasteiger partial charge in [0.1, 0.15) is 5.76 Å². The van der Waals surface area contributed by atoms with Crippen LogP contribution in [0.2, 0.25) is 0 Å². The molecule has 1 amide bonds. The minimum absolute atomic E-state index is 0.126. The molecule has 0 saturated carbocycles. The van der Waals surface area contributed by atoms with Crippen LogP contribution < -0.4 is 0 Å². The normalized spacial score (nSPS) is 25.8. The van der Waals surface area contributed by atoms with Crippen LogP contribution >= 0.6 is 0 Å². The average Bonchev–Trinajstić information content (AvgIpc) is 2.68. The minimum Gasteiger partial charge on any atom is -0.456 e. The fourth-order valence-corrected chi connectivity index (χ4v) is 1.94. The Kier molecular flexibility index (Phi) is 3.01. The highest BCUT2D eigenvalue weighted by Crippen LogP contribution is 2.19. The van der Waals surface area contributed by atoms with Crippen LogP contribution in [0.5, 0.6) is 0 Å². The maximum absolute atomic E-state index is 12.0. The molecular formula is C12H17NO3. The van der Waals surface area contributed by atoms with Crippen molar-refractivity contribution in [3.8, 4) is 0 Å². The Morgan fingerprint density at radius 1 is 1.56 bits per heavy atom. The zero-order valence-corrected chi connectivity index (χ0v) is 9.64. The zero-order chi connectivity index (χ0) is 11.7. The first kappa shape index (κ1) is 11.2. The maximum atomic E-state index is 12.0. The van der Waals surface area contributed by atoms with E-state index in [0.29, 0.717) is 18.8 Å². The second-order valence-electron chi connectivity index (χ2n) is 4.49. The molecule has 2 heterocycles. The molecule has 4 heteroatoms. The molecule has 0 radical (unpaired) electrons. The van der Waals surface area contributed by atoms with Gasteiger partial charge in [0.25, 0.3) is 5.91 Å². The largest absolute Gasteiger partial charge is 0.456 e. The molecule has 1 fully saturated rings. The summed E-state index contributed by atoms with van der Waals surface area (Å²) in [6.45, 7) is 4.91. The van der Waals surface area contributed by atoms with Gasteiger partial charge >= 0.3 is 0 Å². The molecule has 1 aromatic heterocycles. The topological polar surface area (TPSA) is 53.7 Å². The van der Waals surface area contributed by atoms with E-state index in [1.54, 1.807) is 17.0 Å². The number of β-amino-alcohol motifs (C(OH)–C–C–N with tert-alkyl or cyclic N) is 1. The molecule has 1 N–H and O–H groups in total. The van der Waals surface area contributed by atoms with E-state index in [9.17, 15) is 9.90 Å². The number of furan rings is 1. The number of rotatable bonds is 1. The van der Waals surface area contributed by atoms with E-state index in [0.717, 1.165) is 12.2 Å². The van der Waals surface area contributed by atoms with Gasteiger partial charge in [0.2, 0.25) is 0 Å². The molecule has 2 unspecified atom stereocenters. The van der Waals surface area contributed by atoms with Gasteiger partial charge in [-0.1, -0.05) is 6.92 Å². The van der Waals surface area contributed by atoms with Crippen LogP contribution in [-0.4, -0.2) is 35.1 Å². The van der Waals surface area contributed by atoms with Crippen LogP contribution in [0.15, 0.2) is 16.5 Å². The summed E-state index contributed by atoms with van der Waals surface area (Å²) in [7, 11) is 0. The summed E-state index contributed by atoms with van der Waals surface area (Å²) < 4.78 is 5.29. The Balaban J connectivity index is 2.06. The standard InChI is InChI=1S/C12H17NO3/c1-8-5-6-13(7-10(8)14)12(15)11-4-3-9(2)16-11/h3-4,8,10,14H,5-7H2,1-2H3. The summed E-state index contributed by atoms with van der Waals surface area (Å²) in [4.78, 5) is 13.6. The molecule has 88 valence electrons. The number of amides is 1. The third kappa shape index (κ3) is 2.11. The number of piperidine rings is 1. The lowest BCUT2D eigenvalue weighted by Crippen LogP contribution is -2.45. The zero-order valence-electron chi connectivity index (χ0n) is 9.64. The summed E-state index contributed by atoms with van der Waals surface area (Å²) in [6.07, 6.45) is 0.417. The number of likely N-dealkylation sites (tertiary alicyclic amines) is 1. The van der Waals surface area contributed by atoms with Gasteiger partial charge in [-0.15, -0.1) is 0 Å². The molecular weight excluding hydrogens is 206 g/mol. The molecule has 0 aromatic carbocycles. The van der Waals surface area contributed by atoms with E-state index in [2.05, 4.69) is 0 Å². The third-order valence-corrected chi connectivity index (χ3v) is 3.16. The Labute approximate surface area is 94.9 Å². The van der Waals surface area contributed by atoms with Gasteiger partial charge in [0, 0.05) is 13.1 Å². The van der Waals surface area contributed by atoms with Crippen LogP contribution in [0.1, 0.15) is 29.7 Å². The van der Waals surface area contributed by atoms with Crippen LogP contribution in [0, 0.1) is 12.8 Å². The van der Waals surface area contributed by atoms with Gasteiger partial charge in [-0.2, -0.15) is 0 Å². The first-order valence-corrected chi connectivity index (χ1v) is 5.61. The van der Waals surface area contributed by atoms with Crippen LogP contribution in [-0.2, 0) is 0 Å². The van der Waals surface area contributed by atoms with Crippen molar-refractivity contribution < 1.29 is 14.3 Å². The fraction of sp³-hybridized carbons (Fsp3) is 0.583. The number of carbonyl (C=O) groups is 1. The van der Waals surface area contributed by atoms with Crippen molar-refractivity contribution in [1.29, 1.82) is 0 Å². The SMILES string of the molecule is Cc1ccc(C(=O)N2CCC(C)C(O)C2)o1. The van der Waals surface area contributed by atoms with Crippen molar-refractivity contribution in [3.05, 3.63) is 23.7 Å². The molecule has 0 aliphatic carbocycles. The van der Waals surface area contributed by atoms with Crippen LogP contribution in [0.3, 0.4) is 0 Å². The van der Waals surface area contributed by atoms with Crippen molar-refractivity contribution in [3.63, 3.8) is 0 Å². The lowest BCUT2D eigenvalue weighted by atomic mass is 9.96. The highest BCUT2D eigenvalue weighted by Gasteiger charge is 2.28. The number of hydrogen-bond acceptors (Lipinski definition) is 3. The molecule has 0 bridgehead atoms. The number of carbonyl (C=O) groups excluding carboxylic acids is 1. The molecule has 1 aromatic rings. The first-order chi connectivity index (χ1) is 7.58. The summed E-state index contributed by atoms with van der Waals surface area (Å²) in [5.41, 5.74) is 0. The number of aryl methyl sites for hydroxylation is 1. The van der Waals surface area contributed by atoms with Gasteiger partial charge < -0.3 is 14.4 Å². The number of aliphatic hydroxyl groups excluding tert-OH is 1. The van der Waals surface area contributed by atoms with Gasteiger partial charge in [-0.25, -0.2) is 0 Å². The lowest BCUT2D eigenvalue weighted by Gasteiger charge is -2.33. The van der Waals surface area contributed by atoms with Crippen molar-refractivity contribution in [2.75, 3.05) is 13.1 Å². The average molecular weight is 223 g/mol. The highest BCUT2D eigenvalue weighted by molar-refractivity contribution is 5.91. The molecule has 2 rings (SSSR count). The third-order valence-electron chi connectivity index (χ3n) is 3.16. The van der Waals surface area contributed by atoms with Gasteiger partial charge in [-0.3, -0.25) is 4.79 Å². The molecule has 4 nitrogen and oxygen atoms in total. The highest BCUT2D eigenvalue weighted by atomic mass is 16.3. The van der Waals surface area contributed by atoms with E-state index in [4.69, 9.17) is 4.42 Å². The van der Waals surface area contributed by atoms with E-state index in [1.807, 2.05) is 13.8 Å². The van der Waals surface area contributed by atoms with Crippen molar-refractivity contribution >= 4 is 5.91 Å². The summed E-state index contributed by atoms with van der Waals surface area (Å²) in [5, 5.41) is 9.72. The Bertz CT molecular complexity index is 385. The van der Waals surface area contributed by atoms with Crippen molar-refractivity contribution in [2.24, 2.45) is 5.92 Å². The van der Waals surface area contributed by atoms with Gasteiger partial charge in [0.15, 0.2) is 5.76 Å². The predicted octanol–water partition coefficient (Wildman–Crippen LogP) is 1.43. The predicted molar refractivity (Wildman–Crippen MR) is 59.1 cm³/mol. The smallest absolute Gasteiger partial charge is 0.289 e. The summed E-state index contributed by atoms with van der Waals surface area (Å²) >= 11 is 0. The second-order valence-corrected chi connectivity index (χ2v) is 4.49. The minimum atomic E-state index is -0.422. The van der Waals surface area contributed by atoms with E-state index in [-0.39, 0.29) is 11.8 Å². The summed E-state index contributed by atoms with van der Waals surface area (Å²) in [6, 6.07) is 3.46. The summed E-state index contributed by atoms with van der Waals surface area (Å²) in [5.74, 6) is 1.23. The monoisotopic (exact) mass is 223 g/mol. The molecule has 1 aliphatic heterocycles. The Hall–Kier alpha value is -1.29. The molecule has 2 atom stereocenters. The lowest BCUT2D eigenvalue weighted by molar-refractivity contribution is 0.0230. The quantitative estimate of drug-likeness (QED) is 0.783. The number of aliphatic hydroxyl groups is 1. The van der Waals surface area contributed by atoms with Crippen LogP contribution in [0.25, 0.3) is 0 Å². The fourth-order valence-electron chi connectivity index (χ4n) is 1.94. The Morgan fingerprint density at radius 2 is 2.31 bits per heavy atom. The van der Waals surface area contributed by atoms with Gasteiger partial charge in [0.05, 0.1) is 6.10 Å². The molecule has 1 aliphatic rings.